The van der Waals surface area contributed by atoms with Crippen molar-refractivity contribution in [1.82, 2.24) is 24.6 Å². The molecule has 176 valence electrons. The molecule has 0 radical (unpaired) electrons. The summed E-state index contributed by atoms with van der Waals surface area (Å²) >= 11 is 0. The second-order valence-electron chi connectivity index (χ2n) is 8.12. The molecule has 8 nitrogen and oxygen atoms in total. The van der Waals surface area contributed by atoms with Crippen LogP contribution in [-0.4, -0.2) is 38.4 Å². The third-order valence-electron chi connectivity index (χ3n) is 5.84. The highest BCUT2D eigenvalue weighted by atomic mass is 16.5. The summed E-state index contributed by atoms with van der Waals surface area (Å²) in [6, 6.07) is 21.2. The molecule has 5 rings (SSSR count). The van der Waals surface area contributed by atoms with Gasteiger partial charge in [0.15, 0.2) is 5.65 Å². The number of rotatable bonds is 8. The third-order valence-corrected chi connectivity index (χ3v) is 5.84. The van der Waals surface area contributed by atoms with Gasteiger partial charge in [-0.3, -0.25) is 14.2 Å². The van der Waals surface area contributed by atoms with Gasteiger partial charge in [-0.2, -0.15) is 5.10 Å². The van der Waals surface area contributed by atoms with Crippen molar-refractivity contribution in [2.24, 2.45) is 0 Å². The minimum absolute atomic E-state index is 0.147. The SMILES string of the molecule is CCOc1ccc2ccccc2c1C(=O)NCCn1ncc2c(=O)n(Cc3ccccc3)cnc21. The number of carbonyl (C=O) groups excluding carboxylic acids is 1. The first-order chi connectivity index (χ1) is 17.2. The maximum absolute atomic E-state index is 13.1. The van der Waals surface area contributed by atoms with Crippen LogP contribution in [-0.2, 0) is 13.1 Å². The van der Waals surface area contributed by atoms with E-state index in [4.69, 9.17) is 4.74 Å². The zero-order valence-electron chi connectivity index (χ0n) is 19.3. The Morgan fingerprint density at radius 1 is 1.00 bits per heavy atom. The van der Waals surface area contributed by atoms with E-state index in [9.17, 15) is 9.59 Å². The van der Waals surface area contributed by atoms with Gasteiger partial charge < -0.3 is 10.1 Å². The fourth-order valence-corrected chi connectivity index (χ4v) is 4.18. The largest absolute Gasteiger partial charge is 0.493 e. The average molecular weight is 468 g/mol. The van der Waals surface area contributed by atoms with E-state index in [1.807, 2.05) is 73.7 Å². The Morgan fingerprint density at radius 3 is 2.63 bits per heavy atom. The zero-order chi connectivity index (χ0) is 24.2. The molecular formula is C27H25N5O3. The lowest BCUT2D eigenvalue weighted by atomic mass is 10.0. The van der Waals surface area contributed by atoms with E-state index < -0.39 is 0 Å². The van der Waals surface area contributed by atoms with Crippen molar-refractivity contribution in [3.05, 3.63) is 101 Å². The van der Waals surface area contributed by atoms with Crippen molar-refractivity contribution in [1.29, 1.82) is 0 Å². The van der Waals surface area contributed by atoms with Gasteiger partial charge in [0.05, 0.1) is 31.5 Å². The highest BCUT2D eigenvalue weighted by molar-refractivity contribution is 6.09. The molecule has 0 unspecified atom stereocenters. The van der Waals surface area contributed by atoms with Crippen molar-refractivity contribution >= 4 is 27.7 Å². The second kappa shape index (κ2) is 9.80. The quantitative estimate of drug-likeness (QED) is 0.376. The average Bonchev–Trinajstić information content (AvgIpc) is 3.30. The molecule has 0 atom stereocenters. The van der Waals surface area contributed by atoms with E-state index in [0.29, 0.717) is 48.6 Å². The maximum atomic E-state index is 13.1. The molecule has 1 amide bonds. The number of fused-ring (bicyclic) bond motifs is 2. The van der Waals surface area contributed by atoms with Crippen LogP contribution in [0.5, 0.6) is 5.75 Å². The van der Waals surface area contributed by atoms with Gasteiger partial charge in [-0.15, -0.1) is 0 Å². The highest BCUT2D eigenvalue weighted by Crippen LogP contribution is 2.28. The number of aromatic nitrogens is 4. The molecule has 2 aromatic heterocycles. The van der Waals surface area contributed by atoms with Gasteiger partial charge in [0.2, 0.25) is 0 Å². The summed E-state index contributed by atoms with van der Waals surface area (Å²) in [6.07, 6.45) is 3.07. The predicted molar refractivity (Wildman–Crippen MR) is 135 cm³/mol. The number of nitrogens with zero attached hydrogens (tertiary/aromatic N) is 4. The summed E-state index contributed by atoms with van der Waals surface area (Å²) in [5.41, 5.74) is 1.88. The minimum Gasteiger partial charge on any atom is -0.493 e. The molecule has 2 heterocycles. The molecule has 3 aromatic carbocycles. The number of ether oxygens (including phenoxy) is 1. The Morgan fingerprint density at radius 2 is 1.80 bits per heavy atom. The van der Waals surface area contributed by atoms with E-state index in [0.717, 1.165) is 16.3 Å². The molecule has 0 bridgehead atoms. The van der Waals surface area contributed by atoms with Crippen LogP contribution in [0.1, 0.15) is 22.8 Å². The van der Waals surface area contributed by atoms with Gasteiger partial charge in [0.1, 0.15) is 17.5 Å². The van der Waals surface area contributed by atoms with Crippen molar-refractivity contribution in [3.63, 3.8) is 0 Å². The van der Waals surface area contributed by atoms with Crippen LogP contribution in [0, 0.1) is 0 Å². The third kappa shape index (κ3) is 4.50. The van der Waals surface area contributed by atoms with Crippen molar-refractivity contribution in [3.8, 4) is 5.75 Å². The highest BCUT2D eigenvalue weighted by Gasteiger charge is 2.17. The second-order valence-corrected chi connectivity index (χ2v) is 8.12. The normalized spacial score (nSPS) is 11.1. The molecule has 0 aliphatic carbocycles. The molecule has 35 heavy (non-hydrogen) atoms. The number of amides is 1. The Hall–Kier alpha value is -4.46. The number of hydrogen-bond acceptors (Lipinski definition) is 5. The summed E-state index contributed by atoms with van der Waals surface area (Å²) in [6.45, 7) is 3.49. The smallest absolute Gasteiger partial charge is 0.264 e. The van der Waals surface area contributed by atoms with Gasteiger partial charge in [0, 0.05) is 6.54 Å². The van der Waals surface area contributed by atoms with Gasteiger partial charge in [0.25, 0.3) is 11.5 Å². The fourth-order valence-electron chi connectivity index (χ4n) is 4.18. The van der Waals surface area contributed by atoms with Gasteiger partial charge in [-0.25, -0.2) is 9.67 Å². The first-order valence-electron chi connectivity index (χ1n) is 11.5. The lowest BCUT2D eigenvalue weighted by molar-refractivity contribution is 0.0950. The Balaban J connectivity index is 1.33. The van der Waals surface area contributed by atoms with Crippen LogP contribution >= 0.6 is 0 Å². The van der Waals surface area contributed by atoms with E-state index in [-0.39, 0.29) is 11.5 Å². The fraction of sp³-hybridized carbons (Fsp3) is 0.185. The summed E-state index contributed by atoms with van der Waals surface area (Å²) in [5.74, 6) is 0.328. The zero-order valence-corrected chi connectivity index (χ0v) is 19.3. The van der Waals surface area contributed by atoms with Crippen molar-refractivity contribution < 1.29 is 9.53 Å². The lowest BCUT2D eigenvalue weighted by Crippen LogP contribution is -2.28. The van der Waals surface area contributed by atoms with Crippen molar-refractivity contribution in [2.75, 3.05) is 13.2 Å². The Kier molecular flexibility index (Phi) is 6.26. The van der Waals surface area contributed by atoms with Crippen LogP contribution in [0.2, 0.25) is 0 Å². The molecule has 0 saturated carbocycles. The standard InChI is InChI=1S/C27H25N5O3/c1-2-35-23-13-12-20-10-6-7-11-21(20)24(23)26(33)28-14-15-32-25-22(16-30-32)27(34)31(18-29-25)17-19-8-4-3-5-9-19/h3-13,16,18H,2,14-15,17H2,1H3,(H,28,33). The van der Waals surface area contributed by atoms with E-state index in [2.05, 4.69) is 15.4 Å². The molecule has 0 aliphatic heterocycles. The monoisotopic (exact) mass is 467 g/mol. The van der Waals surface area contributed by atoms with Gasteiger partial charge in [-0.05, 0) is 29.3 Å². The number of hydrogen-bond donors (Lipinski definition) is 1. The predicted octanol–water partition coefficient (Wildman–Crippen LogP) is 3.62. The van der Waals surface area contributed by atoms with Crippen LogP contribution < -0.4 is 15.6 Å². The first kappa shape index (κ1) is 22.3. The van der Waals surface area contributed by atoms with E-state index in [1.54, 1.807) is 15.6 Å². The number of nitrogens with one attached hydrogen (secondary N) is 1. The minimum atomic E-state index is -0.222. The maximum Gasteiger partial charge on any atom is 0.264 e. The van der Waals surface area contributed by atoms with Crippen LogP contribution in [0.3, 0.4) is 0 Å². The van der Waals surface area contributed by atoms with E-state index >= 15 is 0 Å². The van der Waals surface area contributed by atoms with Crippen LogP contribution in [0.4, 0.5) is 0 Å². The molecule has 1 N–H and O–H groups in total. The Bertz CT molecular complexity index is 1560. The number of benzene rings is 3. The van der Waals surface area contributed by atoms with Gasteiger partial charge >= 0.3 is 0 Å². The Labute approximate surface area is 201 Å². The topological polar surface area (TPSA) is 91.0 Å². The summed E-state index contributed by atoms with van der Waals surface area (Å²) in [4.78, 5) is 30.5. The number of carbonyl (C=O) groups is 1. The van der Waals surface area contributed by atoms with Crippen molar-refractivity contribution in [2.45, 2.75) is 20.0 Å². The first-order valence-corrected chi connectivity index (χ1v) is 11.5. The van der Waals surface area contributed by atoms with Crippen LogP contribution in [0.25, 0.3) is 21.8 Å². The molecule has 0 spiro atoms. The lowest BCUT2D eigenvalue weighted by Gasteiger charge is -2.13. The molecule has 0 fully saturated rings. The van der Waals surface area contributed by atoms with Crippen LogP contribution in [0.15, 0.2) is 84.0 Å². The molecule has 5 aromatic rings. The van der Waals surface area contributed by atoms with E-state index in [1.165, 1.54) is 6.20 Å². The summed E-state index contributed by atoms with van der Waals surface area (Å²) in [5, 5.41) is 9.55. The molecule has 8 heteroatoms. The molecule has 0 aliphatic rings. The van der Waals surface area contributed by atoms with Gasteiger partial charge in [-0.1, -0.05) is 60.7 Å². The molecule has 0 saturated heterocycles. The summed E-state index contributed by atoms with van der Waals surface area (Å²) < 4.78 is 8.92. The summed E-state index contributed by atoms with van der Waals surface area (Å²) in [7, 11) is 0. The molecular weight excluding hydrogens is 442 g/mol.